The highest BCUT2D eigenvalue weighted by atomic mass is 16.5. The van der Waals surface area contributed by atoms with E-state index in [-0.39, 0.29) is 12.6 Å². The molecule has 1 aromatic rings. The van der Waals surface area contributed by atoms with Gasteiger partial charge in [0.25, 0.3) is 0 Å². The summed E-state index contributed by atoms with van der Waals surface area (Å²) in [7, 11) is 3.07. The number of carbonyl (C=O) groups is 1. The molecular formula is C13H19NO3. The normalized spacial score (nSPS) is 13.9. The first-order valence-corrected chi connectivity index (χ1v) is 5.48. The van der Waals surface area contributed by atoms with Gasteiger partial charge in [-0.3, -0.25) is 0 Å². The zero-order chi connectivity index (χ0) is 12.9. The summed E-state index contributed by atoms with van der Waals surface area (Å²) in [6, 6.07) is 7.69. The molecule has 0 saturated heterocycles. The van der Waals surface area contributed by atoms with Crippen molar-refractivity contribution in [1.82, 2.24) is 5.32 Å². The summed E-state index contributed by atoms with van der Waals surface area (Å²) in [6.45, 7) is 3.96. The molecule has 1 unspecified atom stereocenters. The fraction of sp³-hybridized carbons (Fsp3) is 0.462. The molecule has 1 rings (SSSR count). The third kappa shape index (κ3) is 3.46. The van der Waals surface area contributed by atoms with Crippen molar-refractivity contribution in [3.8, 4) is 5.75 Å². The lowest BCUT2D eigenvalue weighted by Crippen LogP contribution is -2.52. The summed E-state index contributed by atoms with van der Waals surface area (Å²) in [6.07, 6.45) is 0. The summed E-state index contributed by atoms with van der Waals surface area (Å²) < 4.78 is 10.3. The van der Waals surface area contributed by atoms with E-state index < -0.39 is 5.54 Å². The lowest BCUT2D eigenvalue weighted by Gasteiger charge is -2.26. The Hall–Kier alpha value is -1.55. The fourth-order valence-corrected chi connectivity index (χ4v) is 1.39. The van der Waals surface area contributed by atoms with Crippen molar-refractivity contribution >= 4 is 5.97 Å². The van der Waals surface area contributed by atoms with Crippen LogP contribution in [-0.2, 0) is 9.53 Å². The molecular weight excluding hydrogens is 218 g/mol. The Labute approximate surface area is 102 Å². The average molecular weight is 237 g/mol. The van der Waals surface area contributed by atoms with E-state index in [0.29, 0.717) is 0 Å². The Morgan fingerprint density at radius 1 is 1.47 bits per heavy atom. The molecule has 0 heterocycles. The second kappa shape index (κ2) is 5.68. The van der Waals surface area contributed by atoms with E-state index in [1.54, 1.807) is 14.0 Å². The second-order valence-electron chi connectivity index (χ2n) is 4.18. The smallest absolute Gasteiger partial charge is 0.329 e. The maximum atomic E-state index is 11.6. The van der Waals surface area contributed by atoms with Crippen LogP contribution in [0.5, 0.6) is 5.75 Å². The maximum Gasteiger partial charge on any atom is 0.329 e. The van der Waals surface area contributed by atoms with Gasteiger partial charge in [0.1, 0.15) is 17.9 Å². The van der Waals surface area contributed by atoms with E-state index in [9.17, 15) is 4.79 Å². The molecule has 0 aliphatic heterocycles. The lowest BCUT2D eigenvalue weighted by molar-refractivity contribution is -0.148. The Kier molecular flexibility index (Phi) is 4.52. The summed E-state index contributed by atoms with van der Waals surface area (Å²) in [5.41, 5.74) is 0.283. The largest absolute Gasteiger partial charge is 0.491 e. The highest BCUT2D eigenvalue weighted by molar-refractivity contribution is 5.80. The van der Waals surface area contributed by atoms with Crippen LogP contribution in [0.15, 0.2) is 24.3 Å². The fourth-order valence-electron chi connectivity index (χ4n) is 1.39. The number of benzene rings is 1. The summed E-state index contributed by atoms with van der Waals surface area (Å²) >= 11 is 0. The van der Waals surface area contributed by atoms with E-state index in [1.807, 2.05) is 31.2 Å². The van der Waals surface area contributed by atoms with Crippen molar-refractivity contribution in [3.63, 3.8) is 0 Å². The number of hydrogen-bond acceptors (Lipinski definition) is 4. The van der Waals surface area contributed by atoms with E-state index in [2.05, 4.69) is 5.32 Å². The highest BCUT2D eigenvalue weighted by Crippen LogP contribution is 2.15. The molecule has 0 aliphatic rings. The molecule has 0 saturated carbocycles. The third-order valence-corrected chi connectivity index (χ3v) is 2.70. The van der Waals surface area contributed by atoms with Gasteiger partial charge in [-0.1, -0.05) is 12.1 Å². The van der Waals surface area contributed by atoms with Gasteiger partial charge in [-0.15, -0.1) is 0 Å². The molecule has 0 radical (unpaired) electrons. The SMILES string of the molecule is CNC(C)(COc1cccc(C)c1)C(=O)OC. The predicted molar refractivity (Wildman–Crippen MR) is 66.2 cm³/mol. The minimum absolute atomic E-state index is 0.222. The van der Waals surface area contributed by atoms with E-state index in [0.717, 1.165) is 11.3 Å². The molecule has 1 atom stereocenters. The van der Waals surface area contributed by atoms with Crippen LogP contribution in [0, 0.1) is 6.92 Å². The van der Waals surface area contributed by atoms with Crippen molar-refractivity contribution in [2.24, 2.45) is 0 Å². The zero-order valence-electron chi connectivity index (χ0n) is 10.7. The molecule has 0 amide bonds. The molecule has 0 bridgehead atoms. The summed E-state index contributed by atoms with van der Waals surface area (Å²) in [5, 5.41) is 2.91. The number of likely N-dealkylation sites (N-methyl/N-ethyl adjacent to an activating group) is 1. The molecule has 0 fully saturated rings. The van der Waals surface area contributed by atoms with Crippen molar-refractivity contribution in [1.29, 1.82) is 0 Å². The van der Waals surface area contributed by atoms with Gasteiger partial charge in [0.2, 0.25) is 0 Å². The van der Waals surface area contributed by atoms with Crippen LogP contribution in [-0.4, -0.2) is 32.3 Å². The van der Waals surface area contributed by atoms with E-state index >= 15 is 0 Å². The molecule has 1 N–H and O–H groups in total. The number of aryl methyl sites for hydroxylation is 1. The van der Waals surface area contributed by atoms with Gasteiger partial charge in [0.15, 0.2) is 0 Å². The van der Waals surface area contributed by atoms with Gasteiger partial charge in [0.05, 0.1) is 7.11 Å². The van der Waals surface area contributed by atoms with Gasteiger partial charge < -0.3 is 14.8 Å². The van der Waals surface area contributed by atoms with Crippen molar-refractivity contribution in [2.75, 3.05) is 20.8 Å². The minimum Gasteiger partial charge on any atom is -0.491 e. The van der Waals surface area contributed by atoms with Crippen LogP contribution in [0.1, 0.15) is 12.5 Å². The molecule has 94 valence electrons. The number of methoxy groups -OCH3 is 1. The number of esters is 1. The van der Waals surface area contributed by atoms with Gasteiger partial charge in [-0.05, 0) is 38.6 Å². The van der Waals surface area contributed by atoms with Crippen LogP contribution < -0.4 is 10.1 Å². The Morgan fingerprint density at radius 3 is 2.71 bits per heavy atom. The topological polar surface area (TPSA) is 47.6 Å². The third-order valence-electron chi connectivity index (χ3n) is 2.70. The van der Waals surface area contributed by atoms with Crippen LogP contribution >= 0.6 is 0 Å². The number of hydrogen-bond donors (Lipinski definition) is 1. The Balaban J connectivity index is 2.68. The number of rotatable bonds is 5. The van der Waals surface area contributed by atoms with Crippen LogP contribution in [0.25, 0.3) is 0 Å². The standard InChI is InChI=1S/C13H19NO3/c1-10-6-5-7-11(8-10)17-9-13(2,14-3)12(15)16-4/h5-8,14H,9H2,1-4H3. The van der Waals surface area contributed by atoms with Gasteiger partial charge >= 0.3 is 5.97 Å². The Morgan fingerprint density at radius 2 is 2.18 bits per heavy atom. The van der Waals surface area contributed by atoms with Crippen molar-refractivity contribution in [3.05, 3.63) is 29.8 Å². The van der Waals surface area contributed by atoms with Crippen LogP contribution in [0.3, 0.4) is 0 Å². The lowest BCUT2D eigenvalue weighted by atomic mass is 10.1. The first-order chi connectivity index (χ1) is 8.01. The molecule has 0 aromatic heterocycles. The van der Waals surface area contributed by atoms with Crippen LogP contribution in [0.4, 0.5) is 0 Å². The van der Waals surface area contributed by atoms with Gasteiger partial charge in [0, 0.05) is 0 Å². The maximum absolute atomic E-state index is 11.6. The molecule has 1 aromatic carbocycles. The van der Waals surface area contributed by atoms with Crippen molar-refractivity contribution in [2.45, 2.75) is 19.4 Å². The van der Waals surface area contributed by atoms with Gasteiger partial charge in [-0.25, -0.2) is 4.79 Å². The number of nitrogens with one attached hydrogen (secondary N) is 1. The van der Waals surface area contributed by atoms with Crippen molar-refractivity contribution < 1.29 is 14.3 Å². The van der Waals surface area contributed by atoms with Gasteiger partial charge in [-0.2, -0.15) is 0 Å². The zero-order valence-corrected chi connectivity index (χ0v) is 10.7. The summed E-state index contributed by atoms with van der Waals surface area (Å²) in [5.74, 6) is 0.406. The summed E-state index contributed by atoms with van der Waals surface area (Å²) in [4.78, 5) is 11.6. The van der Waals surface area contributed by atoms with E-state index in [1.165, 1.54) is 7.11 Å². The second-order valence-corrected chi connectivity index (χ2v) is 4.18. The molecule has 4 heteroatoms. The number of ether oxygens (including phenoxy) is 2. The average Bonchev–Trinajstić information content (AvgIpc) is 2.35. The highest BCUT2D eigenvalue weighted by Gasteiger charge is 2.33. The predicted octanol–water partition coefficient (Wildman–Crippen LogP) is 1.52. The Bertz CT molecular complexity index is 392. The minimum atomic E-state index is -0.835. The van der Waals surface area contributed by atoms with Crippen LogP contribution in [0.2, 0.25) is 0 Å². The molecule has 0 spiro atoms. The molecule has 17 heavy (non-hydrogen) atoms. The monoisotopic (exact) mass is 237 g/mol. The first kappa shape index (κ1) is 13.5. The number of carbonyl (C=O) groups excluding carboxylic acids is 1. The van der Waals surface area contributed by atoms with E-state index in [4.69, 9.17) is 9.47 Å². The quantitative estimate of drug-likeness (QED) is 0.789. The molecule has 4 nitrogen and oxygen atoms in total. The first-order valence-electron chi connectivity index (χ1n) is 5.48. The molecule has 0 aliphatic carbocycles.